The summed E-state index contributed by atoms with van der Waals surface area (Å²) >= 11 is 9.51. The smallest absolute Gasteiger partial charge is 0.124 e. The summed E-state index contributed by atoms with van der Waals surface area (Å²) in [7, 11) is 0. The Kier molecular flexibility index (Phi) is 6.93. The van der Waals surface area contributed by atoms with Crippen molar-refractivity contribution in [3.63, 3.8) is 0 Å². The van der Waals surface area contributed by atoms with Crippen molar-refractivity contribution < 1.29 is 9.50 Å². The molecule has 0 saturated carbocycles. The molecule has 1 N–H and O–H groups in total. The van der Waals surface area contributed by atoms with Crippen LogP contribution in [0.15, 0.2) is 71.2 Å². The molecule has 33 heavy (non-hydrogen) atoms. The largest absolute Gasteiger partial charge is 0.390 e. The molecule has 0 spiro atoms. The van der Waals surface area contributed by atoms with Gasteiger partial charge in [0.05, 0.1) is 23.3 Å². The van der Waals surface area contributed by atoms with Crippen molar-refractivity contribution in [2.45, 2.75) is 31.4 Å². The van der Waals surface area contributed by atoms with E-state index in [1.54, 1.807) is 19.9 Å². The van der Waals surface area contributed by atoms with Crippen LogP contribution in [0.5, 0.6) is 0 Å². The van der Waals surface area contributed by atoms with E-state index in [0.29, 0.717) is 15.1 Å². The van der Waals surface area contributed by atoms with Crippen molar-refractivity contribution in [3.8, 4) is 6.07 Å². The maximum Gasteiger partial charge on any atom is 0.124 e. The normalized spacial score (nSPS) is 16.6. The average Bonchev–Trinajstić information content (AvgIpc) is 2.72. The molecule has 1 saturated heterocycles. The van der Waals surface area contributed by atoms with Crippen LogP contribution in [-0.4, -0.2) is 28.7 Å². The molecule has 4 rings (SSSR count). The number of nitrogens with zero attached hydrogens (tertiary/aromatic N) is 2. The van der Waals surface area contributed by atoms with E-state index in [-0.39, 0.29) is 23.7 Å². The van der Waals surface area contributed by atoms with Crippen LogP contribution < -0.4 is 0 Å². The number of rotatable bonds is 6. The van der Waals surface area contributed by atoms with Crippen LogP contribution >= 0.6 is 27.5 Å². The van der Waals surface area contributed by atoms with E-state index in [9.17, 15) is 14.8 Å². The second kappa shape index (κ2) is 9.56. The molecule has 0 aromatic heterocycles. The van der Waals surface area contributed by atoms with Crippen molar-refractivity contribution in [2.75, 3.05) is 13.1 Å². The first-order valence-electron chi connectivity index (χ1n) is 10.8. The van der Waals surface area contributed by atoms with E-state index in [1.165, 1.54) is 12.1 Å². The van der Waals surface area contributed by atoms with Crippen molar-refractivity contribution in [3.05, 3.63) is 104 Å². The summed E-state index contributed by atoms with van der Waals surface area (Å²) < 4.78 is 14.8. The summed E-state index contributed by atoms with van der Waals surface area (Å²) in [5.74, 6) is -0.401. The number of hydrogen-bond donors (Lipinski definition) is 1. The second-order valence-electron chi connectivity index (χ2n) is 9.24. The Bertz CT molecular complexity index is 1160. The van der Waals surface area contributed by atoms with E-state index in [4.69, 9.17) is 11.6 Å². The van der Waals surface area contributed by atoms with Crippen molar-refractivity contribution in [1.29, 1.82) is 5.26 Å². The quantitative estimate of drug-likeness (QED) is 0.388. The first-order valence-corrected chi connectivity index (χ1v) is 12.0. The molecule has 0 amide bonds. The van der Waals surface area contributed by atoms with Gasteiger partial charge in [-0.3, -0.25) is 4.90 Å². The Morgan fingerprint density at radius 1 is 1.06 bits per heavy atom. The number of halogens is 3. The van der Waals surface area contributed by atoms with Gasteiger partial charge in [0.1, 0.15) is 5.82 Å². The van der Waals surface area contributed by atoms with Crippen molar-refractivity contribution in [1.82, 2.24) is 4.90 Å². The van der Waals surface area contributed by atoms with Gasteiger partial charge in [0, 0.05) is 28.5 Å². The first kappa shape index (κ1) is 23.9. The molecule has 3 nitrogen and oxygen atoms in total. The van der Waals surface area contributed by atoms with Gasteiger partial charge in [0.15, 0.2) is 0 Å². The number of aliphatic hydroxyl groups is 1. The molecule has 0 bridgehead atoms. The third-order valence-corrected chi connectivity index (χ3v) is 7.01. The molecular formula is C27H25BrClFN2O. The van der Waals surface area contributed by atoms with Crippen LogP contribution in [0.2, 0.25) is 5.02 Å². The predicted molar refractivity (Wildman–Crippen MR) is 133 cm³/mol. The first-order chi connectivity index (χ1) is 15.7. The zero-order chi connectivity index (χ0) is 23.8. The lowest BCUT2D eigenvalue weighted by Gasteiger charge is -2.50. The molecule has 0 radical (unpaired) electrons. The summed E-state index contributed by atoms with van der Waals surface area (Å²) in [5.41, 5.74) is 2.50. The highest BCUT2D eigenvalue weighted by molar-refractivity contribution is 9.10. The maximum absolute atomic E-state index is 14.2. The number of benzene rings is 3. The molecule has 1 aliphatic rings. The topological polar surface area (TPSA) is 47.3 Å². The summed E-state index contributed by atoms with van der Waals surface area (Å²) in [4.78, 5) is 2.33. The molecule has 3 aromatic carbocycles. The Hall–Kier alpha value is -2.23. The van der Waals surface area contributed by atoms with E-state index in [0.717, 1.165) is 29.8 Å². The minimum absolute atomic E-state index is 0.0477. The lowest BCUT2D eigenvalue weighted by Crippen LogP contribution is -2.54. The molecule has 3 aromatic rings. The minimum Gasteiger partial charge on any atom is -0.390 e. The Morgan fingerprint density at radius 3 is 2.36 bits per heavy atom. The van der Waals surface area contributed by atoms with E-state index < -0.39 is 5.60 Å². The van der Waals surface area contributed by atoms with Gasteiger partial charge >= 0.3 is 0 Å². The maximum atomic E-state index is 14.2. The third kappa shape index (κ3) is 5.31. The fraction of sp³-hybridized carbons (Fsp3) is 0.296. The van der Waals surface area contributed by atoms with Gasteiger partial charge < -0.3 is 5.11 Å². The Morgan fingerprint density at radius 2 is 1.76 bits per heavy atom. The van der Waals surface area contributed by atoms with Gasteiger partial charge in [-0.2, -0.15) is 5.26 Å². The third-order valence-electron chi connectivity index (χ3n) is 6.30. The summed E-state index contributed by atoms with van der Waals surface area (Å²) in [5, 5.41) is 21.1. The molecule has 1 aliphatic heterocycles. The van der Waals surface area contributed by atoms with Crippen LogP contribution in [0.1, 0.15) is 48.1 Å². The molecular weight excluding hydrogens is 503 g/mol. The van der Waals surface area contributed by atoms with Crippen LogP contribution in [0.3, 0.4) is 0 Å². The summed E-state index contributed by atoms with van der Waals surface area (Å²) in [6.45, 7) is 5.03. The van der Waals surface area contributed by atoms with Gasteiger partial charge in [-0.05, 0) is 78.9 Å². The molecule has 170 valence electrons. The zero-order valence-corrected chi connectivity index (χ0v) is 20.8. The van der Waals surface area contributed by atoms with Crippen LogP contribution in [-0.2, 0) is 0 Å². The lowest BCUT2D eigenvalue weighted by atomic mass is 9.71. The number of nitriles is 1. The van der Waals surface area contributed by atoms with Crippen LogP contribution in [0.4, 0.5) is 4.39 Å². The average molecular weight is 528 g/mol. The molecule has 2 atom stereocenters. The Labute approximate surface area is 207 Å². The van der Waals surface area contributed by atoms with Crippen molar-refractivity contribution in [2.24, 2.45) is 5.92 Å². The standard InChI is InChI=1S/C27H25BrClFN2O/c1-27(2,33)25(20-11-22(28)13-24(30)12-20)21-15-32(16-21)26(18-6-8-23(29)9-7-18)19-5-3-4-17(10-19)14-31/h3-13,21,25-26,33H,15-16H2,1-2H3. The van der Waals surface area contributed by atoms with Crippen LogP contribution in [0.25, 0.3) is 0 Å². The van der Waals surface area contributed by atoms with E-state index >= 15 is 0 Å². The van der Waals surface area contributed by atoms with Crippen LogP contribution in [0, 0.1) is 23.1 Å². The molecule has 1 heterocycles. The molecule has 0 aliphatic carbocycles. The number of likely N-dealkylation sites (tertiary alicyclic amines) is 1. The number of hydrogen-bond acceptors (Lipinski definition) is 3. The van der Waals surface area contributed by atoms with Gasteiger partial charge in [0.2, 0.25) is 0 Å². The highest BCUT2D eigenvalue weighted by atomic mass is 79.9. The fourth-order valence-corrected chi connectivity index (χ4v) is 5.63. The predicted octanol–water partition coefficient (Wildman–Crippen LogP) is 6.69. The monoisotopic (exact) mass is 526 g/mol. The van der Waals surface area contributed by atoms with Gasteiger partial charge in [0.25, 0.3) is 0 Å². The Balaban J connectivity index is 1.65. The van der Waals surface area contributed by atoms with Gasteiger partial charge in [-0.1, -0.05) is 51.8 Å². The minimum atomic E-state index is -1.01. The zero-order valence-electron chi connectivity index (χ0n) is 18.5. The lowest BCUT2D eigenvalue weighted by molar-refractivity contribution is -0.0309. The van der Waals surface area contributed by atoms with Crippen molar-refractivity contribution >= 4 is 27.5 Å². The van der Waals surface area contributed by atoms with E-state index in [1.807, 2.05) is 48.5 Å². The highest BCUT2D eigenvalue weighted by Gasteiger charge is 2.44. The summed E-state index contributed by atoms with van der Waals surface area (Å²) in [6, 6.07) is 22.4. The summed E-state index contributed by atoms with van der Waals surface area (Å²) in [6.07, 6.45) is 0. The SMILES string of the molecule is CC(C)(O)C(c1cc(F)cc(Br)c1)C1CN(C(c2ccc(Cl)cc2)c2cccc(C#N)c2)C1. The van der Waals surface area contributed by atoms with Gasteiger partial charge in [-0.15, -0.1) is 0 Å². The molecule has 1 fully saturated rings. The molecule has 2 unspecified atom stereocenters. The molecule has 6 heteroatoms. The fourth-order valence-electron chi connectivity index (χ4n) is 5.02. The second-order valence-corrected chi connectivity index (χ2v) is 10.6. The van der Waals surface area contributed by atoms with Gasteiger partial charge in [-0.25, -0.2) is 4.39 Å². The highest BCUT2D eigenvalue weighted by Crippen LogP contribution is 2.44. The van der Waals surface area contributed by atoms with E-state index in [2.05, 4.69) is 26.9 Å².